The Balaban J connectivity index is 2.92. The van der Waals surface area contributed by atoms with E-state index >= 15 is 0 Å². The number of benzene rings is 1. The van der Waals surface area contributed by atoms with Crippen molar-refractivity contribution in [1.82, 2.24) is 0 Å². The molecule has 1 radical (unpaired) electrons. The minimum atomic E-state index is -1.26. The van der Waals surface area contributed by atoms with Crippen molar-refractivity contribution in [3.8, 4) is 5.75 Å². The summed E-state index contributed by atoms with van der Waals surface area (Å²) in [6, 6.07) is 2.32. The molecule has 0 saturated carbocycles. The van der Waals surface area contributed by atoms with Gasteiger partial charge in [0.25, 0.3) is 0 Å². The molecular weight excluding hydrogens is 193 g/mol. The molecule has 1 unspecified atom stereocenters. The molecule has 0 aliphatic rings. The molecule has 0 fully saturated rings. The smallest absolute Gasteiger partial charge is 0.170 e. The second kappa shape index (κ2) is 4.35. The van der Waals surface area contributed by atoms with Gasteiger partial charge in [-0.15, -0.1) is 0 Å². The lowest BCUT2D eigenvalue weighted by molar-refractivity contribution is 0.205. The minimum Gasteiger partial charge on any atom is -0.487 e. The van der Waals surface area contributed by atoms with Crippen molar-refractivity contribution in [2.75, 3.05) is 0 Å². The van der Waals surface area contributed by atoms with Crippen molar-refractivity contribution in [3.05, 3.63) is 29.6 Å². The number of hydrogen-bond acceptors (Lipinski definition) is 1. The topological polar surface area (TPSA) is 9.23 Å². The zero-order valence-corrected chi connectivity index (χ0v) is 7.90. The lowest BCUT2D eigenvalue weighted by Crippen LogP contribution is -2.11. The highest BCUT2D eigenvalue weighted by molar-refractivity contribution is 5.24. The maximum Gasteiger partial charge on any atom is 0.170 e. The molecule has 0 aliphatic heterocycles. The van der Waals surface area contributed by atoms with Gasteiger partial charge in [-0.2, -0.15) is 0 Å². The van der Waals surface area contributed by atoms with Crippen LogP contribution in [0.2, 0.25) is 0 Å². The molecule has 1 aromatic carbocycles. The fourth-order valence-electron chi connectivity index (χ4n) is 0.830. The summed E-state index contributed by atoms with van der Waals surface area (Å²) in [5.41, 5.74) is 0. The summed E-state index contributed by atoms with van der Waals surface area (Å²) < 4.78 is 43.1. The standard InChI is InChI=1S/C10H10F3O/c1-3-6(2)14-10-5-8(12)7(11)4-9(10)13/h4,6H,3H2,1-2H3. The molecule has 1 atom stereocenters. The molecule has 0 amide bonds. The summed E-state index contributed by atoms with van der Waals surface area (Å²) in [6.45, 7) is 3.54. The largest absolute Gasteiger partial charge is 0.487 e. The lowest BCUT2D eigenvalue weighted by Gasteiger charge is -2.12. The molecule has 0 saturated heterocycles. The molecule has 0 aromatic heterocycles. The molecule has 0 heterocycles. The van der Waals surface area contributed by atoms with Crippen LogP contribution >= 0.6 is 0 Å². The highest BCUT2D eigenvalue weighted by Crippen LogP contribution is 2.21. The van der Waals surface area contributed by atoms with Crippen LogP contribution in [0.5, 0.6) is 5.75 Å². The maximum atomic E-state index is 13.0. The average Bonchev–Trinajstić information content (AvgIpc) is 2.14. The molecule has 1 aromatic rings. The first-order valence-corrected chi connectivity index (χ1v) is 4.28. The molecule has 14 heavy (non-hydrogen) atoms. The predicted molar refractivity (Wildman–Crippen MR) is 45.5 cm³/mol. The van der Waals surface area contributed by atoms with Crippen LogP contribution in [-0.2, 0) is 0 Å². The van der Waals surface area contributed by atoms with Crippen LogP contribution in [0.4, 0.5) is 13.2 Å². The summed E-state index contributed by atoms with van der Waals surface area (Å²) in [5, 5.41) is 0. The van der Waals surface area contributed by atoms with E-state index in [2.05, 4.69) is 0 Å². The van der Waals surface area contributed by atoms with Crippen LogP contribution in [0.15, 0.2) is 6.07 Å². The van der Waals surface area contributed by atoms with E-state index < -0.39 is 17.5 Å². The number of rotatable bonds is 3. The number of hydrogen-bond donors (Lipinski definition) is 0. The first-order valence-electron chi connectivity index (χ1n) is 4.28. The van der Waals surface area contributed by atoms with Crippen molar-refractivity contribution >= 4 is 0 Å². The quantitative estimate of drug-likeness (QED) is 0.686. The Hall–Kier alpha value is -1.19. The van der Waals surface area contributed by atoms with Crippen molar-refractivity contribution in [2.45, 2.75) is 26.4 Å². The van der Waals surface area contributed by atoms with E-state index in [1.807, 2.05) is 13.0 Å². The summed E-state index contributed by atoms with van der Waals surface area (Å²) >= 11 is 0. The van der Waals surface area contributed by atoms with Crippen LogP contribution < -0.4 is 4.74 Å². The highest BCUT2D eigenvalue weighted by atomic mass is 19.2. The van der Waals surface area contributed by atoms with Crippen LogP contribution in [0, 0.1) is 23.5 Å². The van der Waals surface area contributed by atoms with Gasteiger partial charge in [0.2, 0.25) is 0 Å². The van der Waals surface area contributed by atoms with Crippen LogP contribution in [0.3, 0.4) is 0 Å². The van der Waals surface area contributed by atoms with Gasteiger partial charge >= 0.3 is 0 Å². The maximum absolute atomic E-state index is 13.0. The fraction of sp³-hybridized carbons (Fsp3) is 0.400. The molecule has 77 valence electrons. The van der Waals surface area contributed by atoms with Gasteiger partial charge in [0, 0.05) is 6.07 Å². The van der Waals surface area contributed by atoms with Crippen molar-refractivity contribution in [2.24, 2.45) is 0 Å². The first-order chi connectivity index (χ1) is 6.54. The van der Waals surface area contributed by atoms with Gasteiger partial charge in [-0.3, -0.25) is 0 Å². The predicted octanol–water partition coefficient (Wildman–Crippen LogP) is 3.08. The van der Waals surface area contributed by atoms with Crippen LogP contribution in [-0.4, -0.2) is 6.10 Å². The monoisotopic (exact) mass is 203 g/mol. The zero-order chi connectivity index (χ0) is 10.7. The Morgan fingerprint density at radius 3 is 2.57 bits per heavy atom. The van der Waals surface area contributed by atoms with Gasteiger partial charge < -0.3 is 4.74 Å². The molecule has 0 aliphatic carbocycles. The average molecular weight is 203 g/mol. The fourth-order valence-corrected chi connectivity index (χ4v) is 0.830. The lowest BCUT2D eigenvalue weighted by atomic mass is 10.3. The van der Waals surface area contributed by atoms with Gasteiger partial charge in [-0.1, -0.05) is 6.92 Å². The Bertz CT molecular complexity index is 325. The van der Waals surface area contributed by atoms with E-state index in [1.54, 1.807) is 6.92 Å². The van der Waals surface area contributed by atoms with E-state index in [0.29, 0.717) is 12.5 Å². The molecule has 4 heteroatoms. The van der Waals surface area contributed by atoms with E-state index in [-0.39, 0.29) is 11.9 Å². The van der Waals surface area contributed by atoms with Gasteiger partial charge in [0.15, 0.2) is 23.2 Å². The summed E-state index contributed by atoms with van der Waals surface area (Å²) in [4.78, 5) is 0. The summed E-state index contributed by atoms with van der Waals surface area (Å²) in [6.07, 6.45) is 0.386. The Morgan fingerprint density at radius 1 is 1.36 bits per heavy atom. The Labute approximate surface area is 80.5 Å². The third-order valence-electron chi connectivity index (χ3n) is 1.80. The van der Waals surface area contributed by atoms with Gasteiger partial charge in [-0.05, 0) is 13.3 Å². The molecule has 1 rings (SSSR count). The first kappa shape index (κ1) is 10.9. The van der Waals surface area contributed by atoms with Crippen LogP contribution in [0.1, 0.15) is 20.3 Å². The van der Waals surface area contributed by atoms with Gasteiger partial charge in [-0.25, -0.2) is 13.2 Å². The third-order valence-corrected chi connectivity index (χ3v) is 1.80. The minimum absolute atomic E-state index is 0.259. The van der Waals surface area contributed by atoms with Crippen LogP contribution in [0.25, 0.3) is 0 Å². The van der Waals surface area contributed by atoms with E-state index in [4.69, 9.17) is 4.74 Å². The summed E-state index contributed by atoms with van der Waals surface area (Å²) in [5.74, 6) is -3.81. The summed E-state index contributed by atoms with van der Waals surface area (Å²) in [7, 11) is 0. The third kappa shape index (κ3) is 2.40. The Morgan fingerprint density at radius 2 is 2.00 bits per heavy atom. The molecule has 0 spiro atoms. The highest BCUT2D eigenvalue weighted by Gasteiger charge is 2.13. The van der Waals surface area contributed by atoms with Gasteiger partial charge in [0.05, 0.1) is 12.2 Å². The van der Waals surface area contributed by atoms with E-state index in [1.165, 1.54) is 0 Å². The number of halogens is 3. The molecule has 1 nitrogen and oxygen atoms in total. The van der Waals surface area contributed by atoms with Crippen molar-refractivity contribution in [1.29, 1.82) is 0 Å². The second-order valence-corrected chi connectivity index (χ2v) is 2.95. The van der Waals surface area contributed by atoms with Crippen molar-refractivity contribution in [3.63, 3.8) is 0 Å². The second-order valence-electron chi connectivity index (χ2n) is 2.95. The zero-order valence-electron chi connectivity index (χ0n) is 7.90. The Kier molecular flexibility index (Phi) is 3.38. The molecular formula is C10H10F3O. The van der Waals surface area contributed by atoms with Gasteiger partial charge in [0.1, 0.15) is 0 Å². The number of ether oxygens (including phenoxy) is 1. The molecule has 0 N–H and O–H groups in total. The SMILES string of the molecule is CCC(C)Oc1[c]c(F)c(F)cc1F. The van der Waals surface area contributed by atoms with Crippen molar-refractivity contribution < 1.29 is 17.9 Å². The van der Waals surface area contributed by atoms with E-state index in [0.717, 1.165) is 0 Å². The normalized spacial score (nSPS) is 12.6. The molecule has 0 bridgehead atoms. The van der Waals surface area contributed by atoms with E-state index in [9.17, 15) is 13.2 Å².